The molecule has 0 fully saturated rings. The second-order valence-electron chi connectivity index (χ2n) is 4.83. The summed E-state index contributed by atoms with van der Waals surface area (Å²) in [4.78, 5) is 10.6. The van der Waals surface area contributed by atoms with Gasteiger partial charge in [-0.2, -0.15) is 0 Å². The van der Waals surface area contributed by atoms with Crippen LogP contribution < -0.4 is 15.8 Å². The van der Waals surface area contributed by atoms with Crippen LogP contribution in [0.3, 0.4) is 0 Å². The molecule has 1 unspecified atom stereocenters. The van der Waals surface area contributed by atoms with Crippen molar-refractivity contribution >= 4 is 11.7 Å². The Kier molecular flexibility index (Phi) is 3.92. The third-order valence-corrected chi connectivity index (χ3v) is 3.14. The van der Waals surface area contributed by atoms with Gasteiger partial charge in [0, 0.05) is 23.4 Å². The van der Waals surface area contributed by atoms with Gasteiger partial charge in [0.1, 0.15) is 18.5 Å². The van der Waals surface area contributed by atoms with E-state index in [0.29, 0.717) is 17.0 Å². The van der Waals surface area contributed by atoms with E-state index in [2.05, 4.69) is 5.32 Å². The molecule has 6 nitrogen and oxygen atoms in total. The van der Waals surface area contributed by atoms with Crippen LogP contribution >= 0.6 is 0 Å². The molecule has 0 aromatic heterocycles. The number of anilines is 1. The minimum absolute atomic E-state index is 0.00217. The van der Waals surface area contributed by atoms with E-state index in [-0.39, 0.29) is 25.1 Å². The van der Waals surface area contributed by atoms with E-state index >= 15 is 0 Å². The highest BCUT2D eigenvalue weighted by Gasteiger charge is 2.30. The maximum atomic E-state index is 10.6. The second-order valence-corrected chi connectivity index (χ2v) is 4.83. The van der Waals surface area contributed by atoms with Crippen molar-refractivity contribution in [2.45, 2.75) is 31.5 Å². The highest BCUT2D eigenvalue weighted by molar-refractivity contribution is 5.67. The zero-order chi connectivity index (χ0) is 14.0. The van der Waals surface area contributed by atoms with E-state index < -0.39 is 12.1 Å². The number of aliphatic hydroxyl groups is 1. The fourth-order valence-corrected chi connectivity index (χ4v) is 2.23. The predicted molar refractivity (Wildman–Crippen MR) is 69.9 cm³/mol. The molecule has 0 amide bonds. The van der Waals surface area contributed by atoms with Gasteiger partial charge in [0.05, 0.1) is 12.5 Å². The van der Waals surface area contributed by atoms with Crippen molar-refractivity contribution in [3.05, 3.63) is 23.8 Å². The van der Waals surface area contributed by atoms with Gasteiger partial charge in [-0.1, -0.05) is 6.07 Å². The first-order chi connectivity index (χ1) is 8.97. The number of carbonyl (C=O) groups is 1. The zero-order valence-corrected chi connectivity index (χ0v) is 10.7. The Bertz CT molecular complexity index is 478. The lowest BCUT2D eigenvalue weighted by atomic mass is 9.98. The van der Waals surface area contributed by atoms with Gasteiger partial charge in [0.25, 0.3) is 0 Å². The summed E-state index contributed by atoms with van der Waals surface area (Å²) >= 11 is 0. The Morgan fingerprint density at radius 3 is 3.05 bits per heavy atom. The molecule has 104 valence electrons. The van der Waals surface area contributed by atoms with E-state index in [9.17, 15) is 9.90 Å². The normalized spacial score (nSPS) is 23.3. The molecule has 1 aromatic carbocycles. The topological polar surface area (TPSA) is 105 Å². The molecule has 0 bridgehead atoms. The highest BCUT2D eigenvalue weighted by atomic mass is 16.5. The van der Waals surface area contributed by atoms with Gasteiger partial charge in [-0.15, -0.1) is 0 Å². The molecular formula is C13H18N2O4. The Balaban J connectivity index is 2.06. The van der Waals surface area contributed by atoms with Gasteiger partial charge in [-0.25, -0.2) is 0 Å². The Labute approximate surface area is 111 Å². The van der Waals surface area contributed by atoms with Crippen molar-refractivity contribution < 1.29 is 19.7 Å². The van der Waals surface area contributed by atoms with Crippen LogP contribution in [0, 0.1) is 0 Å². The smallest absolute Gasteiger partial charge is 0.304 e. The summed E-state index contributed by atoms with van der Waals surface area (Å²) in [6.45, 7) is 2.04. The standard InChI is InChI=1S/C13H18N2O4/c1-7(4-12(16)17)15-10-6-19-11-5-8(14)2-3-9(11)13(10)18/h2-3,5,7,10,13,15,18H,4,6,14H2,1H3,(H,16,17)/t7?,10-,13+/m1/s1. The molecule has 2 rings (SSSR count). The van der Waals surface area contributed by atoms with Gasteiger partial charge >= 0.3 is 5.97 Å². The van der Waals surface area contributed by atoms with Crippen LogP contribution in [0.1, 0.15) is 25.0 Å². The molecule has 6 heteroatoms. The molecule has 0 saturated heterocycles. The van der Waals surface area contributed by atoms with Crippen LogP contribution in [-0.4, -0.2) is 34.9 Å². The number of ether oxygens (including phenoxy) is 1. The highest BCUT2D eigenvalue weighted by Crippen LogP contribution is 2.33. The number of rotatable bonds is 4. The fourth-order valence-electron chi connectivity index (χ4n) is 2.23. The molecule has 0 saturated carbocycles. The van der Waals surface area contributed by atoms with E-state index in [4.69, 9.17) is 15.6 Å². The summed E-state index contributed by atoms with van der Waals surface area (Å²) in [5.74, 6) is -0.296. The Morgan fingerprint density at radius 2 is 2.37 bits per heavy atom. The lowest BCUT2D eigenvalue weighted by Crippen LogP contribution is -2.47. The number of fused-ring (bicyclic) bond motifs is 1. The molecule has 1 aliphatic heterocycles. The fraction of sp³-hybridized carbons (Fsp3) is 0.462. The molecule has 0 radical (unpaired) electrons. The van der Waals surface area contributed by atoms with Crippen molar-refractivity contribution in [1.29, 1.82) is 0 Å². The molecule has 5 N–H and O–H groups in total. The number of carboxylic acids is 1. The minimum Gasteiger partial charge on any atom is -0.491 e. The van der Waals surface area contributed by atoms with Crippen LogP contribution in [0.25, 0.3) is 0 Å². The van der Waals surface area contributed by atoms with E-state index in [1.807, 2.05) is 0 Å². The number of carboxylic acid groups (broad SMARTS) is 1. The van der Waals surface area contributed by atoms with Crippen molar-refractivity contribution in [2.75, 3.05) is 12.3 Å². The van der Waals surface area contributed by atoms with Crippen LogP contribution in [0.2, 0.25) is 0 Å². The lowest BCUT2D eigenvalue weighted by Gasteiger charge is -2.32. The second kappa shape index (κ2) is 5.46. The average molecular weight is 266 g/mol. The van der Waals surface area contributed by atoms with E-state index in [1.54, 1.807) is 25.1 Å². The summed E-state index contributed by atoms with van der Waals surface area (Å²) in [6.07, 6.45) is -0.738. The van der Waals surface area contributed by atoms with E-state index in [0.717, 1.165) is 0 Å². The van der Waals surface area contributed by atoms with Gasteiger partial charge in [-0.05, 0) is 13.0 Å². The molecule has 3 atom stereocenters. The van der Waals surface area contributed by atoms with Crippen molar-refractivity contribution in [3.8, 4) is 5.75 Å². The molecular weight excluding hydrogens is 248 g/mol. The van der Waals surface area contributed by atoms with Gasteiger partial charge in [0.2, 0.25) is 0 Å². The lowest BCUT2D eigenvalue weighted by molar-refractivity contribution is -0.137. The molecule has 1 heterocycles. The number of aliphatic hydroxyl groups excluding tert-OH is 1. The van der Waals surface area contributed by atoms with E-state index in [1.165, 1.54) is 0 Å². The molecule has 19 heavy (non-hydrogen) atoms. The SMILES string of the molecule is CC(CC(=O)O)N[C@@H]1COc2cc(N)ccc2[C@@H]1O. The van der Waals surface area contributed by atoms with Gasteiger partial charge in [0.15, 0.2) is 0 Å². The summed E-state index contributed by atoms with van der Waals surface area (Å²) in [6, 6.07) is 4.54. The number of benzene rings is 1. The first kappa shape index (κ1) is 13.6. The van der Waals surface area contributed by atoms with Crippen LogP contribution in [-0.2, 0) is 4.79 Å². The molecule has 0 aliphatic carbocycles. The number of nitrogen functional groups attached to an aromatic ring is 1. The summed E-state index contributed by atoms with van der Waals surface area (Å²) in [5, 5.41) is 22.1. The summed E-state index contributed by atoms with van der Waals surface area (Å²) in [7, 11) is 0. The van der Waals surface area contributed by atoms with Crippen molar-refractivity contribution in [1.82, 2.24) is 5.32 Å². The van der Waals surface area contributed by atoms with Crippen molar-refractivity contribution in [3.63, 3.8) is 0 Å². The van der Waals surface area contributed by atoms with Crippen LogP contribution in [0.15, 0.2) is 18.2 Å². The first-order valence-electron chi connectivity index (χ1n) is 6.15. The third kappa shape index (κ3) is 3.15. The molecule has 0 spiro atoms. The Morgan fingerprint density at radius 1 is 1.63 bits per heavy atom. The number of aliphatic carboxylic acids is 1. The molecule has 1 aliphatic rings. The summed E-state index contributed by atoms with van der Waals surface area (Å²) < 4.78 is 5.54. The van der Waals surface area contributed by atoms with Crippen LogP contribution in [0.4, 0.5) is 5.69 Å². The summed E-state index contributed by atoms with van der Waals surface area (Å²) in [5.41, 5.74) is 6.90. The number of hydrogen-bond acceptors (Lipinski definition) is 5. The molecule has 1 aromatic rings. The number of nitrogens with one attached hydrogen (secondary N) is 1. The maximum absolute atomic E-state index is 10.6. The number of hydrogen-bond donors (Lipinski definition) is 4. The Hall–Kier alpha value is -1.79. The zero-order valence-electron chi connectivity index (χ0n) is 10.7. The largest absolute Gasteiger partial charge is 0.491 e. The van der Waals surface area contributed by atoms with Crippen molar-refractivity contribution in [2.24, 2.45) is 0 Å². The third-order valence-electron chi connectivity index (χ3n) is 3.14. The van der Waals surface area contributed by atoms with Gasteiger partial charge < -0.3 is 26.0 Å². The van der Waals surface area contributed by atoms with Crippen LogP contribution in [0.5, 0.6) is 5.75 Å². The monoisotopic (exact) mass is 266 g/mol. The maximum Gasteiger partial charge on any atom is 0.304 e. The van der Waals surface area contributed by atoms with Gasteiger partial charge in [-0.3, -0.25) is 4.79 Å². The first-order valence-corrected chi connectivity index (χ1v) is 6.15. The quantitative estimate of drug-likeness (QED) is 0.592. The minimum atomic E-state index is -0.876. The average Bonchev–Trinajstić information content (AvgIpc) is 2.31. The number of nitrogens with two attached hydrogens (primary N) is 1. The predicted octanol–water partition coefficient (Wildman–Crippen LogP) is 0.516.